The van der Waals surface area contributed by atoms with Crippen molar-refractivity contribution in [1.29, 1.82) is 5.26 Å². The molecule has 214 valence electrons. The molecule has 4 aromatic rings. The molecule has 41 heavy (non-hydrogen) atoms. The third-order valence-corrected chi connectivity index (χ3v) is 8.51. The van der Waals surface area contributed by atoms with Crippen LogP contribution in [0.2, 0.25) is 0 Å². The molecule has 0 bridgehead atoms. The summed E-state index contributed by atoms with van der Waals surface area (Å²) in [6.45, 7) is 7.83. The molecule has 5 rings (SSSR count). The lowest BCUT2D eigenvalue weighted by atomic mass is 9.83. The van der Waals surface area contributed by atoms with Crippen molar-refractivity contribution >= 4 is 5.78 Å². The van der Waals surface area contributed by atoms with Crippen molar-refractivity contribution in [3.05, 3.63) is 87.6 Å². The molecule has 8 nitrogen and oxygen atoms in total. The number of nitrogens with zero attached hydrogens (tertiary/aromatic N) is 5. The van der Waals surface area contributed by atoms with Crippen LogP contribution in [0.3, 0.4) is 0 Å². The number of aromatic nitrogens is 4. The Morgan fingerprint density at radius 2 is 1.90 bits per heavy atom. The van der Waals surface area contributed by atoms with E-state index in [-0.39, 0.29) is 23.3 Å². The van der Waals surface area contributed by atoms with Crippen molar-refractivity contribution in [3.63, 3.8) is 0 Å². The van der Waals surface area contributed by atoms with E-state index in [0.717, 1.165) is 54.5 Å². The third kappa shape index (κ3) is 5.83. The topological polar surface area (TPSA) is 105 Å². The lowest BCUT2D eigenvalue weighted by Gasteiger charge is -2.40. The maximum atomic E-state index is 14.3. The highest BCUT2D eigenvalue weighted by atomic mass is 16.5. The van der Waals surface area contributed by atoms with E-state index in [0.29, 0.717) is 29.7 Å². The molecule has 2 aromatic heterocycles. The SMILES string of the molecule is CCCc1c(Cc2ccc(-c3ccccc3)c(C#N)c2)c(=O)n(C2CCC(C)(OC(C)C(C)O)CC2)c2ncnn12. The first-order valence-electron chi connectivity index (χ1n) is 14.6. The third-order valence-electron chi connectivity index (χ3n) is 8.51. The number of aliphatic hydroxyl groups is 1. The van der Waals surface area contributed by atoms with Gasteiger partial charge in [-0.05, 0) is 75.6 Å². The summed E-state index contributed by atoms with van der Waals surface area (Å²) in [6.07, 6.45) is 5.79. The summed E-state index contributed by atoms with van der Waals surface area (Å²) < 4.78 is 9.92. The van der Waals surface area contributed by atoms with Gasteiger partial charge in [-0.25, -0.2) is 4.52 Å². The molecular weight excluding hydrogens is 514 g/mol. The Kier molecular flexibility index (Phi) is 8.39. The fourth-order valence-electron chi connectivity index (χ4n) is 6.08. The average molecular weight is 554 g/mol. The largest absolute Gasteiger partial charge is 0.391 e. The molecule has 2 aromatic carbocycles. The summed E-state index contributed by atoms with van der Waals surface area (Å²) in [4.78, 5) is 18.8. The van der Waals surface area contributed by atoms with Crippen LogP contribution >= 0.6 is 0 Å². The normalized spacial score (nSPS) is 20.5. The molecule has 0 spiro atoms. The van der Waals surface area contributed by atoms with Crippen molar-refractivity contribution in [1.82, 2.24) is 19.2 Å². The molecule has 2 unspecified atom stereocenters. The number of fused-ring (bicyclic) bond motifs is 1. The zero-order valence-electron chi connectivity index (χ0n) is 24.4. The van der Waals surface area contributed by atoms with Crippen LogP contribution in [0, 0.1) is 11.3 Å². The Morgan fingerprint density at radius 1 is 1.17 bits per heavy atom. The minimum absolute atomic E-state index is 0.0303. The number of aliphatic hydroxyl groups excluding tert-OH is 1. The molecule has 2 atom stereocenters. The Labute approximate surface area is 241 Å². The van der Waals surface area contributed by atoms with Gasteiger partial charge in [0.05, 0.1) is 35.1 Å². The average Bonchev–Trinajstić information content (AvgIpc) is 3.45. The summed E-state index contributed by atoms with van der Waals surface area (Å²) in [5, 5.41) is 24.5. The van der Waals surface area contributed by atoms with E-state index in [1.807, 2.05) is 64.5 Å². The van der Waals surface area contributed by atoms with Crippen LogP contribution in [0.5, 0.6) is 0 Å². The zero-order chi connectivity index (χ0) is 29.1. The van der Waals surface area contributed by atoms with E-state index in [1.54, 1.807) is 6.92 Å². The van der Waals surface area contributed by atoms with Gasteiger partial charge in [-0.3, -0.25) is 9.36 Å². The van der Waals surface area contributed by atoms with E-state index in [9.17, 15) is 15.2 Å². The van der Waals surface area contributed by atoms with Crippen LogP contribution in [-0.2, 0) is 17.6 Å². The predicted molar refractivity (Wildman–Crippen MR) is 159 cm³/mol. The molecule has 2 heterocycles. The van der Waals surface area contributed by atoms with Gasteiger partial charge in [-0.2, -0.15) is 15.3 Å². The highest BCUT2D eigenvalue weighted by molar-refractivity contribution is 5.71. The van der Waals surface area contributed by atoms with Gasteiger partial charge >= 0.3 is 0 Å². The summed E-state index contributed by atoms with van der Waals surface area (Å²) in [5.74, 6) is 0.575. The molecule has 1 aliphatic carbocycles. The maximum absolute atomic E-state index is 14.3. The van der Waals surface area contributed by atoms with Gasteiger partial charge in [0, 0.05) is 18.0 Å². The van der Waals surface area contributed by atoms with Crippen molar-refractivity contribution in [2.75, 3.05) is 0 Å². The number of rotatable bonds is 9. The van der Waals surface area contributed by atoms with E-state index in [1.165, 1.54) is 6.33 Å². The van der Waals surface area contributed by atoms with Crippen LogP contribution in [0.1, 0.15) is 88.2 Å². The van der Waals surface area contributed by atoms with Crippen LogP contribution in [-0.4, -0.2) is 42.1 Å². The minimum Gasteiger partial charge on any atom is -0.391 e. The van der Waals surface area contributed by atoms with E-state index >= 15 is 0 Å². The minimum atomic E-state index is -0.542. The van der Waals surface area contributed by atoms with Crippen molar-refractivity contribution in [3.8, 4) is 17.2 Å². The molecule has 1 N–H and O–H groups in total. The summed E-state index contributed by atoms with van der Waals surface area (Å²) >= 11 is 0. The fraction of sp³-hybridized carbons (Fsp3) is 0.455. The second kappa shape index (κ2) is 12.0. The number of hydrogen-bond acceptors (Lipinski definition) is 6. The number of aryl methyl sites for hydroxylation is 1. The predicted octanol–water partition coefficient (Wildman–Crippen LogP) is 5.63. The molecule has 0 amide bonds. The Morgan fingerprint density at radius 3 is 2.56 bits per heavy atom. The molecule has 0 aliphatic heterocycles. The van der Waals surface area contributed by atoms with Crippen molar-refractivity contribution in [2.45, 2.75) is 96.5 Å². The summed E-state index contributed by atoms with van der Waals surface area (Å²) in [6, 6.07) is 18.1. The molecule has 1 saturated carbocycles. The molecule has 0 radical (unpaired) electrons. The van der Waals surface area contributed by atoms with E-state index in [4.69, 9.17) is 4.74 Å². The second-order valence-corrected chi connectivity index (χ2v) is 11.6. The standard InChI is InChI=1S/C33H39N5O3/c1-5-9-30-29(19-24-12-13-28(26(18-24)20-34)25-10-7-6-8-11-25)31(40)37(32-35-21-36-38(30)32)27-14-16-33(4,17-15-27)41-23(3)22(2)39/h6-8,10-13,18,21-23,27,39H,5,9,14-17,19H2,1-4H3. The Hall–Kier alpha value is -3.80. The van der Waals surface area contributed by atoms with Crippen LogP contribution in [0.4, 0.5) is 0 Å². The first-order chi connectivity index (χ1) is 19.7. The molecule has 1 aliphatic rings. The number of hydrogen-bond donors (Lipinski definition) is 1. The van der Waals surface area contributed by atoms with Crippen molar-refractivity contribution < 1.29 is 9.84 Å². The maximum Gasteiger partial charge on any atom is 0.259 e. The van der Waals surface area contributed by atoms with E-state index < -0.39 is 6.10 Å². The smallest absolute Gasteiger partial charge is 0.259 e. The highest BCUT2D eigenvalue weighted by Crippen LogP contribution is 2.38. The van der Waals surface area contributed by atoms with Crippen LogP contribution in [0.25, 0.3) is 16.9 Å². The lowest BCUT2D eigenvalue weighted by molar-refractivity contribution is -0.133. The van der Waals surface area contributed by atoms with Crippen LogP contribution in [0.15, 0.2) is 59.7 Å². The fourth-order valence-corrected chi connectivity index (χ4v) is 6.08. The summed E-state index contributed by atoms with van der Waals surface area (Å²) in [5.41, 5.74) is 4.57. The van der Waals surface area contributed by atoms with Crippen LogP contribution < -0.4 is 5.56 Å². The quantitative estimate of drug-likeness (QED) is 0.288. The number of ether oxygens (including phenoxy) is 1. The van der Waals surface area contributed by atoms with Gasteiger partial charge in [0.2, 0.25) is 5.78 Å². The Bertz CT molecular complexity index is 1610. The number of nitriles is 1. The van der Waals surface area contributed by atoms with Gasteiger partial charge in [0.1, 0.15) is 6.33 Å². The first kappa shape index (κ1) is 28.7. The zero-order valence-corrected chi connectivity index (χ0v) is 24.4. The van der Waals surface area contributed by atoms with Gasteiger partial charge in [0.15, 0.2) is 0 Å². The molecular formula is C33H39N5O3. The van der Waals surface area contributed by atoms with Gasteiger partial charge < -0.3 is 9.84 Å². The molecule has 1 fully saturated rings. The number of benzene rings is 2. The van der Waals surface area contributed by atoms with E-state index in [2.05, 4.69) is 30.0 Å². The highest BCUT2D eigenvalue weighted by Gasteiger charge is 2.36. The monoisotopic (exact) mass is 553 g/mol. The Balaban J connectivity index is 1.52. The van der Waals surface area contributed by atoms with Crippen molar-refractivity contribution in [2.24, 2.45) is 0 Å². The summed E-state index contributed by atoms with van der Waals surface area (Å²) in [7, 11) is 0. The second-order valence-electron chi connectivity index (χ2n) is 11.6. The molecule has 8 heteroatoms. The van der Waals surface area contributed by atoms with Gasteiger partial charge in [-0.1, -0.05) is 55.8 Å². The molecule has 0 saturated heterocycles. The first-order valence-corrected chi connectivity index (χ1v) is 14.6. The lowest BCUT2D eigenvalue weighted by Crippen LogP contribution is -2.42. The van der Waals surface area contributed by atoms with Gasteiger partial charge in [0.25, 0.3) is 5.56 Å². The van der Waals surface area contributed by atoms with Gasteiger partial charge in [-0.15, -0.1) is 0 Å².